The zero-order valence-corrected chi connectivity index (χ0v) is 11.2. The van der Waals surface area contributed by atoms with Crippen LogP contribution in [0.25, 0.3) is 0 Å². The van der Waals surface area contributed by atoms with Crippen LogP contribution in [-0.2, 0) is 13.0 Å². The van der Waals surface area contributed by atoms with Crippen molar-refractivity contribution in [2.45, 2.75) is 19.4 Å². The van der Waals surface area contributed by atoms with E-state index in [1.165, 1.54) is 41.0 Å². The highest BCUT2D eigenvalue weighted by molar-refractivity contribution is 7.13. The van der Waals surface area contributed by atoms with Crippen molar-refractivity contribution in [2.24, 2.45) is 0 Å². The number of rotatable bonds is 3. The molecule has 18 heavy (non-hydrogen) atoms. The van der Waals surface area contributed by atoms with Crippen molar-refractivity contribution in [2.75, 3.05) is 23.8 Å². The lowest BCUT2D eigenvalue weighted by Crippen LogP contribution is -2.24. The Morgan fingerprint density at radius 3 is 3.22 bits per heavy atom. The topological polar surface area (TPSA) is 41.0 Å². The number of hydrogen-bond acceptors (Lipinski definition) is 5. The Balaban J connectivity index is 1.74. The fourth-order valence-electron chi connectivity index (χ4n) is 2.38. The molecule has 0 atom stereocenters. The van der Waals surface area contributed by atoms with Crippen LogP contribution in [-0.4, -0.2) is 23.8 Å². The molecule has 2 heterocycles. The monoisotopic (exact) mass is 260 g/mol. The minimum Gasteiger partial charge on any atom is -0.374 e. The number of nitrogens with zero attached hydrogens (tertiary/aromatic N) is 3. The molecule has 2 aromatic rings. The van der Waals surface area contributed by atoms with Crippen molar-refractivity contribution >= 4 is 22.2 Å². The third-order valence-corrected chi connectivity index (χ3v) is 3.95. The molecule has 3 rings (SSSR count). The lowest BCUT2D eigenvalue weighted by atomic mass is 10.00. The lowest BCUT2D eigenvalue weighted by molar-refractivity contribution is 0.743. The molecule has 1 aromatic heterocycles. The van der Waals surface area contributed by atoms with E-state index in [1.54, 1.807) is 5.51 Å². The molecule has 0 unspecified atom stereocenters. The van der Waals surface area contributed by atoms with Crippen LogP contribution in [0.4, 0.5) is 10.8 Å². The number of fused-ring (bicyclic) bond motifs is 1. The summed E-state index contributed by atoms with van der Waals surface area (Å²) in [7, 11) is 2.16. The maximum Gasteiger partial charge on any atom is 0.205 e. The Hall–Kier alpha value is -1.62. The summed E-state index contributed by atoms with van der Waals surface area (Å²) in [5.74, 6) is 0. The van der Waals surface area contributed by atoms with E-state index in [0.717, 1.165) is 18.2 Å². The molecule has 1 aromatic carbocycles. The Labute approximate surface area is 111 Å². The third-order valence-electron chi connectivity index (χ3n) is 3.30. The van der Waals surface area contributed by atoms with Crippen molar-refractivity contribution in [3.8, 4) is 0 Å². The van der Waals surface area contributed by atoms with Gasteiger partial charge in [0.25, 0.3) is 0 Å². The summed E-state index contributed by atoms with van der Waals surface area (Å²) >= 11 is 1.53. The number of hydrogen-bond donors (Lipinski definition) is 1. The average molecular weight is 260 g/mol. The van der Waals surface area contributed by atoms with Gasteiger partial charge in [-0.15, -0.1) is 10.2 Å². The van der Waals surface area contributed by atoms with E-state index < -0.39 is 0 Å². The molecule has 0 fully saturated rings. The van der Waals surface area contributed by atoms with Gasteiger partial charge in [-0.05, 0) is 30.0 Å². The van der Waals surface area contributed by atoms with Crippen molar-refractivity contribution < 1.29 is 0 Å². The number of nitrogens with one attached hydrogen (secondary N) is 1. The van der Waals surface area contributed by atoms with Gasteiger partial charge < -0.3 is 10.2 Å². The Kier molecular flexibility index (Phi) is 3.15. The predicted octanol–water partition coefficient (Wildman–Crippen LogP) is 2.53. The summed E-state index contributed by atoms with van der Waals surface area (Å²) in [5, 5.41) is 12.0. The molecule has 4 nitrogen and oxygen atoms in total. The Morgan fingerprint density at radius 2 is 2.39 bits per heavy atom. The number of aromatic nitrogens is 2. The molecule has 0 saturated carbocycles. The van der Waals surface area contributed by atoms with Crippen LogP contribution in [0, 0.1) is 0 Å². The lowest BCUT2D eigenvalue weighted by Gasteiger charge is -2.27. The van der Waals surface area contributed by atoms with E-state index in [0.29, 0.717) is 0 Å². The van der Waals surface area contributed by atoms with Gasteiger partial charge in [-0.3, -0.25) is 0 Å². The van der Waals surface area contributed by atoms with E-state index in [4.69, 9.17) is 0 Å². The van der Waals surface area contributed by atoms with E-state index >= 15 is 0 Å². The second kappa shape index (κ2) is 4.94. The van der Waals surface area contributed by atoms with Gasteiger partial charge in [0.2, 0.25) is 5.13 Å². The van der Waals surface area contributed by atoms with E-state index in [2.05, 4.69) is 45.7 Å². The number of anilines is 2. The first-order valence-electron chi connectivity index (χ1n) is 6.16. The van der Waals surface area contributed by atoms with Crippen LogP contribution in [0.1, 0.15) is 17.5 Å². The quantitative estimate of drug-likeness (QED) is 0.920. The second-order valence-corrected chi connectivity index (χ2v) is 5.42. The highest BCUT2D eigenvalue weighted by Gasteiger charge is 2.13. The first-order valence-corrected chi connectivity index (χ1v) is 7.04. The molecule has 5 heteroatoms. The molecule has 1 N–H and O–H groups in total. The first kappa shape index (κ1) is 11.5. The summed E-state index contributed by atoms with van der Waals surface area (Å²) in [6.45, 7) is 1.97. The maximum absolute atomic E-state index is 3.98. The molecule has 1 aliphatic rings. The summed E-state index contributed by atoms with van der Waals surface area (Å²) in [6, 6.07) is 6.72. The molecular formula is C13H16N4S. The van der Waals surface area contributed by atoms with Crippen LogP contribution in [0.15, 0.2) is 23.7 Å². The minimum absolute atomic E-state index is 0.812. The van der Waals surface area contributed by atoms with Gasteiger partial charge in [0.05, 0.1) is 0 Å². The highest BCUT2D eigenvalue weighted by atomic mass is 32.1. The molecule has 1 aliphatic heterocycles. The van der Waals surface area contributed by atoms with Crippen LogP contribution in [0.3, 0.4) is 0 Å². The normalized spacial score (nSPS) is 14.4. The van der Waals surface area contributed by atoms with Gasteiger partial charge in [0, 0.05) is 25.8 Å². The zero-order chi connectivity index (χ0) is 12.4. The summed E-state index contributed by atoms with van der Waals surface area (Å²) in [5.41, 5.74) is 5.88. The summed E-state index contributed by atoms with van der Waals surface area (Å²) < 4.78 is 0. The zero-order valence-electron chi connectivity index (χ0n) is 10.4. The van der Waals surface area contributed by atoms with Crippen molar-refractivity contribution in [1.29, 1.82) is 0 Å². The van der Waals surface area contributed by atoms with E-state index in [9.17, 15) is 0 Å². The van der Waals surface area contributed by atoms with E-state index in [-0.39, 0.29) is 0 Å². The van der Waals surface area contributed by atoms with Gasteiger partial charge in [-0.25, -0.2) is 0 Å². The largest absolute Gasteiger partial charge is 0.374 e. The first-order chi connectivity index (χ1) is 8.83. The predicted molar refractivity (Wildman–Crippen MR) is 75.3 cm³/mol. The van der Waals surface area contributed by atoms with Gasteiger partial charge in [0.1, 0.15) is 5.51 Å². The van der Waals surface area contributed by atoms with Gasteiger partial charge in [-0.1, -0.05) is 23.5 Å². The molecule has 0 saturated heterocycles. The van der Waals surface area contributed by atoms with Crippen molar-refractivity contribution in [3.63, 3.8) is 0 Å². The second-order valence-electron chi connectivity index (χ2n) is 4.59. The van der Waals surface area contributed by atoms with Crippen LogP contribution in [0.5, 0.6) is 0 Å². The number of benzene rings is 1. The van der Waals surface area contributed by atoms with Crippen molar-refractivity contribution in [1.82, 2.24) is 10.2 Å². The van der Waals surface area contributed by atoms with Crippen molar-refractivity contribution in [3.05, 3.63) is 34.8 Å². The van der Waals surface area contributed by atoms with Gasteiger partial charge in [0.15, 0.2) is 0 Å². The maximum atomic E-state index is 3.98. The fourth-order valence-corrected chi connectivity index (χ4v) is 2.82. The Morgan fingerprint density at radius 1 is 1.44 bits per heavy atom. The fraction of sp³-hybridized carbons (Fsp3) is 0.385. The molecular weight excluding hydrogens is 244 g/mol. The third kappa shape index (κ3) is 2.31. The molecule has 94 valence electrons. The van der Waals surface area contributed by atoms with Gasteiger partial charge in [-0.2, -0.15) is 0 Å². The molecule has 0 radical (unpaired) electrons. The Bertz CT molecular complexity index is 524. The average Bonchev–Trinajstić information content (AvgIpc) is 2.90. The standard InChI is InChI=1S/C13H16N4S/c1-17-6-2-3-11-7-10(4-5-12(11)17)8-14-13-16-15-9-18-13/h4-5,7,9H,2-3,6,8H2,1H3,(H,14,16). The van der Waals surface area contributed by atoms with Crippen LogP contribution >= 0.6 is 11.3 Å². The van der Waals surface area contributed by atoms with Crippen LogP contribution in [0.2, 0.25) is 0 Å². The SMILES string of the molecule is CN1CCCc2cc(CNc3nncs3)ccc21. The summed E-state index contributed by atoms with van der Waals surface area (Å²) in [6.07, 6.45) is 2.43. The van der Waals surface area contributed by atoms with E-state index in [1.807, 2.05) is 0 Å². The summed E-state index contributed by atoms with van der Waals surface area (Å²) in [4.78, 5) is 2.33. The minimum atomic E-state index is 0.812. The molecule has 0 spiro atoms. The molecule has 0 aliphatic carbocycles. The highest BCUT2D eigenvalue weighted by Crippen LogP contribution is 2.27. The number of aryl methyl sites for hydroxylation is 1. The molecule has 0 bridgehead atoms. The van der Waals surface area contributed by atoms with Gasteiger partial charge >= 0.3 is 0 Å². The van der Waals surface area contributed by atoms with Crippen LogP contribution < -0.4 is 10.2 Å². The smallest absolute Gasteiger partial charge is 0.205 e. The molecule has 0 amide bonds.